The Morgan fingerprint density at radius 3 is 2.26 bits per heavy atom. The van der Waals surface area contributed by atoms with E-state index in [0.29, 0.717) is 24.5 Å². The summed E-state index contributed by atoms with van der Waals surface area (Å²) >= 11 is 0. The molecule has 0 spiro atoms. The molecule has 0 aliphatic carbocycles. The predicted molar refractivity (Wildman–Crippen MR) is 80.0 cm³/mol. The molecular weight excluding hydrogens is 307 g/mol. The summed E-state index contributed by atoms with van der Waals surface area (Å²) in [5.41, 5.74) is -0.408. The van der Waals surface area contributed by atoms with Crippen molar-refractivity contribution >= 4 is 5.82 Å². The zero-order valence-corrected chi connectivity index (χ0v) is 12.6. The monoisotopic (exact) mass is 323 g/mol. The highest BCUT2D eigenvalue weighted by Crippen LogP contribution is 2.31. The Balaban J connectivity index is 2.02. The van der Waals surface area contributed by atoms with Gasteiger partial charge < -0.3 is 9.80 Å². The number of alkyl halides is 3. The first-order chi connectivity index (χ1) is 10.9. The van der Waals surface area contributed by atoms with Gasteiger partial charge in [-0.2, -0.15) is 13.2 Å². The molecule has 8 heteroatoms. The molecule has 0 atom stereocenters. The molecule has 23 heavy (non-hydrogen) atoms. The molecule has 5 nitrogen and oxygen atoms in total. The Labute approximate surface area is 131 Å². The highest BCUT2D eigenvalue weighted by atomic mass is 19.4. The van der Waals surface area contributed by atoms with Crippen LogP contribution in [0.5, 0.6) is 0 Å². The lowest BCUT2D eigenvalue weighted by molar-refractivity contribution is -0.141. The van der Waals surface area contributed by atoms with E-state index in [2.05, 4.69) is 19.9 Å². The second kappa shape index (κ2) is 6.11. The Morgan fingerprint density at radius 2 is 1.65 bits per heavy atom. The second-order valence-electron chi connectivity index (χ2n) is 5.46. The molecule has 0 radical (unpaired) electrons. The lowest BCUT2D eigenvalue weighted by atomic mass is 10.2. The third-order valence-electron chi connectivity index (χ3n) is 3.77. The lowest BCUT2D eigenvalue weighted by Crippen LogP contribution is -2.45. The normalized spacial score (nSPS) is 16.6. The van der Waals surface area contributed by atoms with Crippen molar-refractivity contribution in [3.63, 3.8) is 0 Å². The van der Waals surface area contributed by atoms with E-state index < -0.39 is 11.9 Å². The molecule has 1 saturated heterocycles. The van der Waals surface area contributed by atoms with E-state index >= 15 is 0 Å². The fourth-order valence-electron chi connectivity index (χ4n) is 2.41. The van der Waals surface area contributed by atoms with Crippen molar-refractivity contribution in [2.75, 3.05) is 38.1 Å². The lowest BCUT2D eigenvalue weighted by Gasteiger charge is -2.33. The zero-order valence-electron chi connectivity index (χ0n) is 12.6. The van der Waals surface area contributed by atoms with E-state index in [0.717, 1.165) is 19.2 Å². The van der Waals surface area contributed by atoms with E-state index in [1.165, 1.54) is 12.4 Å². The summed E-state index contributed by atoms with van der Waals surface area (Å²) in [4.78, 5) is 15.9. The Hall–Kier alpha value is -2.22. The molecule has 0 amide bonds. The number of likely N-dealkylation sites (N-methyl/N-ethyl adjacent to an activating group) is 1. The Morgan fingerprint density at radius 1 is 1.00 bits per heavy atom. The minimum Gasteiger partial charge on any atom is -0.354 e. The molecule has 1 aliphatic rings. The first-order valence-electron chi connectivity index (χ1n) is 7.23. The van der Waals surface area contributed by atoms with Crippen LogP contribution in [0.3, 0.4) is 0 Å². The van der Waals surface area contributed by atoms with Crippen molar-refractivity contribution in [1.29, 1.82) is 0 Å². The Kier molecular flexibility index (Phi) is 4.16. The van der Waals surface area contributed by atoms with Crippen LogP contribution in [0, 0.1) is 0 Å². The number of hydrogen-bond donors (Lipinski definition) is 0. The van der Waals surface area contributed by atoms with Gasteiger partial charge in [0.15, 0.2) is 11.5 Å². The van der Waals surface area contributed by atoms with Crippen molar-refractivity contribution in [1.82, 2.24) is 19.9 Å². The Bertz CT molecular complexity index is 667. The van der Waals surface area contributed by atoms with Crippen LogP contribution in [0.4, 0.5) is 19.0 Å². The summed E-state index contributed by atoms with van der Waals surface area (Å²) in [6, 6.07) is 4.22. The van der Waals surface area contributed by atoms with E-state index in [1.54, 1.807) is 12.1 Å². The summed E-state index contributed by atoms with van der Waals surface area (Å²) in [5, 5.41) is 0. The van der Waals surface area contributed by atoms with Crippen LogP contribution in [0.2, 0.25) is 0 Å². The van der Waals surface area contributed by atoms with Gasteiger partial charge in [-0.25, -0.2) is 9.97 Å². The maximum absolute atomic E-state index is 13.2. The van der Waals surface area contributed by atoms with E-state index in [1.807, 2.05) is 11.9 Å². The summed E-state index contributed by atoms with van der Waals surface area (Å²) in [6.45, 7) is 2.85. The van der Waals surface area contributed by atoms with Crippen molar-refractivity contribution in [2.24, 2.45) is 0 Å². The van der Waals surface area contributed by atoms with Gasteiger partial charge in [0.1, 0.15) is 5.82 Å². The summed E-state index contributed by atoms with van der Waals surface area (Å²) in [5.74, 6) is 0.378. The highest BCUT2D eigenvalue weighted by Gasteiger charge is 2.34. The molecule has 0 aromatic carbocycles. The van der Waals surface area contributed by atoms with E-state index in [4.69, 9.17) is 0 Å². The summed E-state index contributed by atoms with van der Waals surface area (Å²) in [7, 11) is 1.99. The van der Waals surface area contributed by atoms with E-state index in [-0.39, 0.29) is 5.82 Å². The van der Waals surface area contributed by atoms with Gasteiger partial charge in [0.25, 0.3) is 0 Å². The number of rotatable bonds is 2. The molecule has 122 valence electrons. The summed E-state index contributed by atoms with van der Waals surface area (Å²) in [6.07, 6.45) is -1.49. The number of piperazine rings is 1. The first-order valence-corrected chi connectivity index (χ1v) is 7.23. The average molecular weight is 323 g/mol. The highest BCUT2D eigenvalue weighted by molar-refractivity contribution is 5.57. The van der Waals surface area contributed by atoms with Crippen molar-refractivity contribution in [2.45, 2.75) is 6.18 Å². The number of nitrogens with zero attached hydrogens (tertiary/aromatic N) is 5. The van der Waals surface area contributed by atoms with Crippen LogP contribution in [-0.4, -0.2) is 53.1 Å². The second-order valence-corrected chi connectivity index (χ2v) is 5.46. The van der Waals surface area contributed by atoms with Crippen LogP contribution >= 0.6 is 0 Å². The number of anilines is 1. The third-order valence-corrected chi connectivity index (χ3v) is 3.77. The van der Waals surface area contributed by atoms with Gasteiger partial charge in [-0.05, 0) is 19.2 Å². The molecule has 1 fully saturated rings. The quantitative estimate of drug-likeness (QED) is 0.849. The van der Waals surface area contributed by atoms with Gasteiger partial charge in [-0.3, -0.25) is 4.98 Å². The van der Waals surface area contributed by atoms with Gasteiger partial charge in [-0.15, -0.1) is 0 Å². The molecule has 2 aromatic rings. The van der Waals surface area contributed by atoms with E-state index in [9.17, 15) is 13.2 Å². The van der Waals surface area contributed by atoms with Crippen LogP contribution in [0.1, 0.15) is 5.69 Å². The maximum Gasteiger partial charge on any atom is 0.433 e. The van der Waals surface area contributed by atoms with Gasteiger partial charge >= 0.3 is 6.18 Å². The first kappa shape index (κ1) is 15.7. The predicted octanol–water partition coefficient (Wildman–Crippen LogP) is 2.31. The van der Waals surface area contributed by atoms with Crippen molar-refractivity contribution < 1.29 is 13.2 Å². The van der Waals surface area contributed by atoms with Crippen LogP contribution in [-0.2, 0) is 6.18 Å². The topological polar surface area (TPSA) is 45.2 Å². The summed E-state index contributed by atoms with van der Waals surface area (Å²) < 4.78 is 39.5. The molecule has 0 N–H and O–H groups in total. The molecule has 1 aliphatic heterocycles. The molecule has 0 saturated carbocycles. The number of aromatic nitrogens is 3. The van der Waals surface area contributed by atoms with Gasteiger partial charge in [-0.1, -0.05) is 0 Å². The van der Waals surface area contributed by atoms with Crippen molar-refractivity contribution in [3.8, 4) is 11.4 Å². The van der Waals surface area contributed by atoms with Gasteiger partial charge in [0, 0.05) is 50.2 Å². The van der Waals surface area contributed by atoms with Gasteiger partial charge in [0.2, 0.25) is 0 Å². The molecule has 3 heterocycles. The zero-order chi connectivity index (χ0) is 16.4. The number of pyridine rings is 1. The van der Waals surface area contributed by atoms with Crippen LogP contribution < -0.4 is 4.90 Å². The maximum atomic E-state index is 13.2. The smallest absolute Gasteiger partial charge is 0.354 e. The SMILES string of the molecule is CN1CCN(c2cc(C(F)(F)F)nc(-c3ccncc3)n2)CC1. The average Bonchev–Trinajstić information content (AvgIpc) is 2.55. The van der Waals surface area contributed by atoms with Crippen LogP contribution in [0.15, 0.2) is 30.6 Å². The molecule has 3 rings (SSSR count). The fourth-order valence-corrected chi connectivity index (χ4v) is 2.41. The molecular formula is C15H16F3N5. The fraction of sp³-hybridized carbons (Fsp3) is 0.400. The molecule has 2 aromatic heterocycles. The molecule has 0 unspecified atom stereocenters. The minimum atomic E-state index is -4.51. The third kappa shape index (κ3) is 3.58. The van der Waals surface area contributed by atoms with Gasteiger partial charge in [0.05, 0.1) is 0 Å². The number of halogens is 3. The van der Waals surface area contributed by atoms with Crippen LogP contribution in [0.25, 0.3) is 11.4 Å². The largest absolute Gasteiger partial charge is 0.433 e. The standard InChI is InChI=1S/C15H16F3N5/c1-22-6-8-23(9-7-22)13-10-12(15(16,17)18)20-14(21-13)11-2-4-19-5-3-11/h2-5,10H,6-9H2,1H3. The molecule has 0 bridgehead atoms. The number of hydrogen-bond acceptors (Lipinski definition) is 5. The van der Waals surface area contributed by atoms with Crippen molar-refractivity contribution in [3.05, 3.63) is 36.3 Å². The minimum absolute atomic E-state index is 0.0659.